The molecule has 3 nitrogen and oxygen atoms in total. The molecule has 4 saturated carbocycles. The number of nitrogens with zero attached hydrogens (tertiary/aromatic N) is 1. The molecular weight excluding hydrogens is 322 g/mol. The fourth-order valence-electron chi connectivity index (χ4n) is 8.51. The zero-order valence-electron chi connectivity index (χ0n) is 17.6. The third-order valence-electron chi connectivity index (χ3n) is 10.2. The minimum Gasteiger partial charge on any atom is -0.390 e. The fraction of sp³-hybridized carbons (Fsp3) is 1.00. The highest BCUT2D eigenvalue weighted by Crippen LogP contribution is 2.67. The predicted molar refractivity (Wildman–Crippen MR) is 106 cm³/mol. The standard InChI is InChI=1S/C23H41NO2/c1-14(24(4)5)16-8-9-17-15-6-7-19-21(26)20(25)11-13-23(19,3)18(15)10-12-22(16,17)2/h14-21,25-26H,6-13H2,1-5H3/t14-,15-,16+,17+,18+,19+,20+,21+,22+,23+/m1/s1. The summed E-state index contributed by atoms with van der Waals surface area (Å²) in [4.78, 5) is 2.43. The summed E-state index contributed by atoms with van der Waals surface area (Å²) in [5.74, 6) is 3.62. The average Bonchev–Trinajstić information content (AvgIpc) is 2.95. The first-order valence-electron chi connectivity index (χ1n) is 11.2. The van der Waals surface area contributed by atoms with Gasteiger partial charge in [0.1, 0.15) is 0 Å². The Labute approximate surface area is 160 Å². The van der Waals surface area contributed by atoms with Crippen molar-refractivity contribution in [2.75, 3.05) is 14.1 Å². The van der Waals surface area contributed by atoms with Gasteiger partial charge < -0.3 is 15.1 Å². The van der Waals surface area contributed by atoms with Crippen LogP contribution in [0.4, 0.5) is 0 Å². The van der Waals surface area contributed by atoms with Crippen molar-refractivity contribution in [3.8, 4) is 0 Å². The van der Waals surface area contributed by atoms with Gasteiger partial charge in [0, 0.05) is 6.04 Å². The quantitative estimate of drug-likeness (QED) is 0.781. The van der Waals surface area contributed by atoms with Crippen molar-refractivity contribution in [1.82, 2.24) is 4.90 Å². The van der Waals surface area contributed by atoms with Gasteiger partial charge in [0.15, 0.2) is 0 Å². The van der Waals surface area contributed by atoms with Crippen LogP contribution in [0.15, 0.2) is 0 Å². The van der Waals surface area contributed by atoms with Gasteiger partial charge in [0.2, 0.25) is 0 Å². The van der Waals surface area contributed by atoms with Crippen LogP contribution < -0.4 is 0 Å². The lowest BCUT2D eigenvalue weighted by molar-refractivity contribution is -0.174. The van der Waals surface area contributed by atoms with E-state index in [1.165, 1.54) is 32.1 Å². The molecule has 0 saturated heterocycles. The maximum Gasteiger partial charge on any atom is 0.0832 e. The summed E-state index contributed by atoms with van der Waals surface area (Å²) in [5.41, 5.74) is 0.745. The Balaban J connectivity index is 1.59. The Morgan fingerprint density at radius 2 is 1.42 bits per heavy atom. The zero-order chi connectivity index (χ0) is 18.9. The molecule has 4 aliphatic rings. The van der Waals surface area contributed by atoms with E-state index in [-0.39, 0.29) is 5.41 Å². The summed E-state index contributed by atoms with van der Waals surface area (Å²) in [5, 5.41) is 20.9. The van der Waals surface area contributed by atoms with Crippen LogP contribution in [0.3, 0.4) is 0 Å². The molecule has 0 bridgehead atoms. The molecule has 4 aliphatic carbocycles. The second kappa shape index (κ2) is 6.46. The highest BCUT2D eigenvalue weighted by molar-refractivity contribution is 5.11. The maximum atomic E-state index is 10.7. The first kappa shape index (κ1) is 19.2. The Hall–Kier alpha value is -0.120. The maximum absolute atomic E-state index is 10.7. The normalized spacial score (nSPS) is 55.2. The summed E-state index contributed by atoms with van der Waals surface area (Å²) >= 11 is 0. The van der Waals surface area contributed by atoms with E-state index in [9.17, 15) is 10.2 Å². The zero-order valence-corrected chi connectivity index (χ0v) is 17.6. The van der Waals surface area contributed by atoms with Crippen LogP contribution in [-0.2, 0) is 0 Å². The molecule has 4 rings (SSSR count). The van der Waals surface area contributed by atoms with E-state index in [1.54, 1.807) is 0 Å². The van der Waals surface area contributed by atoms with Crippen molar-refractivity contribution < 1.29 is 10.2 Å². The Morgan fingerprint density at radius 3 is 2.12 bits per heavy atom. The van der Waals surface area contributed by atoms with Gasteiger partial charge in [-0.15, -0.1) is 0 Å². The smallest absolute Gasteiger partial charge is 0.0832 e. The van der Waals surface area contributed by atoms with Crippen LogP contribution in [0, 0.1) is 40.4 Å². The molecule has 0 spiro atoms. The Kier molecular flexibility index (Phi) is 4.77. The van der Waals surface area contributed by atoms with Crippen LogP contribution in [-0.4, -0.2) is 47.5 Å². The molecule has 3 heteroatoms. The minimum absolute atomic E-state index is 0.244. The molecule has 2 N–H and O–H groups in total. The van der Waals surface area contributed by atoms with E-state index in [0.717, 1.165) is 42.9 Å². The second-order valence-electron chi connectivity index (χ2n) is 11.1. The van der Waals surface area contributed by atoms with E-state index in [1.807, 2.05) is 0 Å². The molecule has 0 radical (unpaired) electrons. The van der Waals surface area contributed by atoms with Crippen LogP contribution in [0.5, 0.6) is 0 Å². The van der Waals surface area contributed by atoms with E-state index >= 15 is 0 Å². The van der Waals surface area contributed by atoms with Gasteiger partial charge in [-0.1, -0.05) is 13.8 Å². The van der Waals surface area contributed by atoms with Crippen LogP contribution in [0.2, 0.25) is 0 Å². The monoisotopic (exact) mass is 363 g/mol. The summed E-state index contributed by atoms with van der Waals surface area (Å²) in [6, 6.07) is 0.667. The molecule has 0 heterocycles. The highest BCUT2D eigenvalue weighted by Gasteiger charge is 2.62. The van der Waals surface area contributed by atoms with Crippen LogP contribution >= 0.6 is 0 Å². The highest BCUT2D eigenvalue weighted by atomic mass is 16.3. The molecule has 0 aromatic carbocycles. The van der Waals surface area contributed by atoms with Gasteiger partial charge in [-0.25, -0.2) is 0 Å². The molecule has 26 heavy (non-hydrogen) atoms. The first-order chi connectivity index (χ1) is 12.2. The number of fused-ring (bicyclic) bond motifs is 5. The SMILES string of the molecule is C[C@H]([C@@H]1CC[C@H]2[C@H]3CC[C@H]4[C@H](O)[C@@H](O)CC[C@@]4(C)[C@H]3CC[C@]21C)N(C)C. The van der Waals surface area contributed by atoms with Gasteiger partial charge in [0.05, 0.1) is 12.2 Å². The Bertz CT molecular complexity index is 536. The Morgan fingerprint density at radius 1 is 0.808 bits per heavy atom. The van der Waals surface area contributed by atoms with Crippen molar-refractivity contribution in [3.63, 3.8) is 0 Å². The van der Waals surface area contributed by atoms with Crippen molar-refractivity contribution in [2.45, 2.75) is 90.4 Å². The van der Waals surface area contributed by atoms with Crippen LogP contribution in [0.1, 0.15) is 72.1 Å². The van der Waals surface area contributed by atoms with Gasteiger partial charge in [-0.05, 0) is 113 Å². The van der Waals surface area contributed by atoms with Gasteiger partial charge in [0.25, 0.3) is 0 Å². The van der Waals surface area contributed by atoms with Gasteiger partial charge in [-0.2, -0.15) is 0 Å². The minimum atomic E-state index is -0.493. The van der Waals surface area contributed by atoms with E-state index < -0.39 is 12.2 Å². The number of rotatable bonds is 2. The van der Waals surface area contributed by atoms with Crippen molar-refractivity contribution >= 4 is 0 Å². The molecule has 0 aromatic rings. The number of hydrogen-bond donors (Lipinski definition) is 2. The van der Waals surface area contributed by atoms with E-state index in [2.05, 4.69) is 39.8 Å². The molecule has 10 atom stereocenters. The lowest BCUT2D eigenvalue weighted by Gasteiger charge is -2.62. The third-order valence-corrected chi connectivity index (χ3v) is 10.2. The van der Waals surface area contributed by atoms with Gasteiger partial charge in [-0.3, -0.25) is 0 Å². The topological polar surface area (TPSA) is 43.7 Å². The summed E-state index contributed by atoms with van der Waals surface area (Å²) in [7, 11) is 4.49. The number of aliphatic hydroxyl groups excluding tert-OH is 2. The summed E-state index contributed by atoms with van der Waals surface area (Å²) in [6.45, 7) is 7.50. The van der Waals surface area contributed by atoms with Crippen molar-refractivity contribution in [3.05, 3.63) is 0 Å². The second-order valence-corrected chi connectivity index (χ2v) is 11.1. The number of aliphatic hydroxyl groups is 2. The molecular formula is C23H41NO2. The fourth-order valence-corrected chi connectivity index (χ4v) is 8.51. The lowest BCUT2D eigenvalue weighted by atomic mass is 9.44. The summed E-state index contributed by atoms with van der Waals surface area (Å²) < 4.78 is 0. The van der Waals surface area contributed by atoms with E-state index in [0.29, 0.717) is 17.4 Å². The lowest BCUT2D eigenvalue weighted by Crippen LogP contribution is -2.58. The summed E-state index contributed by atoms with van der Waals surface area (Å²) in [6.07, 6.45) is 8.82. The predicted octanol–water partition coefficient (Wildman–Crippen LogP) is 3.93. The van der Waals surface area contributed by atoms with E-state index in [4.69, 9.17) is 0 Å². The average molecular weight is 364 g/mol. The molecule has 0 unspecified atom stereocenters. The van der Waals surface area contributed by atoms with Gasteiger partial charge >= 0.3 is 0 Å². The third kappa shape index (κ3) is 2.56. The van der Waals surface area contributed by atoms with Crippen LogP contribution in [0.25, 0.3) is 0 Å². The first-order valence-corrected chi connectivity index (χ1v) is 11.2. The largest absolute Gasteiger partial charge is 0.390 e. The van der Waals surface area contributed by atoms with Crippen molar-refractivity contribution in [1.29, 1.82) is 0 Å². The molecule has 0 aliphatic heterocycles. The molecule has 0 amide bonds. The molecule has 4 fully saturated rings. The number of hydrogen-bond acceptors (Lipinski definition) is 3. The molecule has 0 aromatic heterocycles. The molecule has 150 valence electrons. The van der Waals surface area contributed by atoms with Crippen molar-refractivity contribution in [2.24, 2.45) is 40.4 Å².